The summed E-state index contributed by atoms with van der Waals surface area (Å²) in [6.45, 7) is 1.56. The lowest BCUT2D eigenvalue weighted by atomic mass is 10.2. The monoisotopic (exact) mass is 291 g/mol. The summed E-state index contributed by atoms with van der Waals surface area (Å²) < 4.78 is 28.3. The van der Waals surface area contributed by atoms with Crippen LogP contribution in [0.3, 0.4) is 0 Å². The molecular formula is C11H14ClNO4S. The minimum atomic E-state index is -3.44. The molecule has 18 heavy (non-hydrogen) atoms. The molecule has 1 aromatic heterocycles. The fraction of sp³-hybridized carbons (Fsp3) is 0.455. The molecule has 1 rings (SSSR count). The number of carbonyl (C=O) groups excluding carboxylic acids is 1. The van der Waals surface area contributed by atoms with Crippen molar-refractivity contribution in [2.75, 3.05) is 18.7 Å². The predicted molar refractivity (Wildman–Crippen MR) is 67.7 cm³/mol. The Morgan fingerprint density at radius 1 is 1.44 bits per heavy atom. The van der Waals surface area contributed by atoms with Crippen LogP contribution in [-0.4, -0.2) is 38.1 Å². The molecule has 0 aromatic carbocycles. The molecule has 1 aromatic rings. The summed E-state index contributed by atoms with van der Waals surface area (Å²) in [5.74, 6) is -0.316. The van der Waals surface area contributed by atoms with Crippen LogP contribution in [0.2, 0.25) is 0 Å². The number of hydrogen-bond acceptors (Lipinski definition) is 5. The van der Waals surface area contributed by atoms with Gasteiger partial charge in [0, 0.05) is 5.88 Å². The number of rotatable bonds is 5. The number of pyridine rings is 1. The maximum atomic E-state index is 11.9. The van der Waals surface area contributed by atoms with E-state index in [9.17, 15) is 13.2 Å². The minimum Gasteiger partial charge on any atom is -0.465 e. The van der Waals surface area contributed by atoms with Gasteiger partial charge in [-0.25, -0.2) is 18.2 Å². The Morgan fingerprint density at radius 3 is 2.61 bits per heavy atom. The molecule has 5 nitrogen and oxygen atoms in total. The number of aryl methyl sites for hydroxylation is 1. The highest BCUT2D eigenvalue weighted by Crippen LogP contribution is 2.14. The van der Waals surface area contributed by atoms with Gasteiger partial charge in [-0.1, -0.05) is 0 Å². The molecule has 0 bridgehead atoms. The number of hydrogen-bond donors (Lipinski definition) is 0. The second kappa shape index (κ2) is 6.15. The molecule has 0 fully saturated rings. The summed E-state index contributed by atoms with van der Waals surface area (Å²) in [5, 5.41) is -0.0437. The average Bonchev–Trinajstić information content (AvgIpc) is 2.35. The smallest absolute Gasteiger partial charge is 0.339 e. The van der Waals surface area contributed by atoms with E-state index in [1.54, 1.807) is 6.92 Å². The summed E-state index contributed by atoms with van der Waals surface area (Å²) in [6, 6.07) is 2.71. The van der Waals surface area contributed by atoms with Crippen molar-refractivity contribution in [1.82, 2.24) is 4.98 Å². The van der Waals surface area contributed by atoms with E-state index >= 15 is 0 Å². The van der Waals surface area contributed by atoms with Crippen molar-refractivity contribution < 1.29 is 17.9 Å². The first kappa shape index (κ1) is 14.9. The Labute approximate surface area is 111 Å². The zero-order chi connectivity index (χ0) is 13.8. The topological polar surface area (TPSA) is 73.3 Å². The largest absolute Gasteiger partial charge is 0.465 e. The van der Waals surface area contributed by atoms with Gasteiger partial charge < -0.3 is 4.74 Å². The van der Waals surface area contributed by atoms with Gasteiger partial charge in [-0.2, -0.15) is 0 Å². The highest BCUT2D eigenvalue weighted by atomic mass is 35.5. The van der Waals surface area contributed by atoms with Crippen LogP contribution in [0.4, 0.5) is 0 Å². The Morgan fingerprint density at radius 2 is 2.11 bits per heavy atom. The minimum absolute atomic E-state index is 0.0437. The van der Waals surface area contributed by atoms with Crippen molar-refractivity contribution in [3.8, 4) is 0 Å². The fourth-order valence-electron chi connectivity index (χ4n) is 1.39. The standard InChI is InChI=1S/C11H14ClNO4S/c1-8-9(11(14)17-2)4-5-10(13-8)18(15,16)7-3-6-12/h4-5H,3,6-7H2,1-2H3. The Bertz CT molecular complexity index is 542. The third-order valence-electron chi connectivity index (χ3n) is 2.33. The van der Waals surface area contributed by atoms with Gasteiger partial charge in [0.25, 0.3) is 0 Å². The van der Waals surface area contributed by atoms with E-state index in [2.05, 4.69) is 9.72 Å². The van der Waals surface area contributed by atoms with Gasteiger partial charge >= 0.3 is 5.97 Å². The third-order valence-corrected chi connectivity index (χ3v) is 4.29. The van der Waals surface area contributed by atoms with E-state index in [0.717, 1.165) is 0 Å². The van der Waals surface area contributed by atoms with Gasteiger partial charge in [-0.3, -0.25) is 0 Å². The summed E-state index contributed by atoms with van der Waals surface area (Å²) in [4.78, 5) is 15.3. The van der Waals surface area contributed by atoms with Crippen molar-refractivity contribution >= 4 is 27.4 Å². The zero-order valence-corrected chi connectivity index (χ0v) is 11.7. The number of nitrogens with zero attached hydrogens (tertiary/aromatic N) is 1. The molecule has 0 N–H and O–H groups in total. The van der Waals surface area contributed by atoms with Crippen LogP contribution in [0.15, 0.2) is 17.2 Å². The van der Waals surface area contributed by atoms with E-state index in [4.69, 9.17) is 11.6 Å². The van der Waals surface area contributed by atoms with Crippen LogP contribution in [0.1, 0.15) is 22.5 Å². The molecule has 0 saturated carbocycles. The molecule has 0 atom stereocenters. The summed E-state index contributed by atoms with van der Waals surface area (Å²) in [5.41, 5.74) is 0.586. The number of ether oxygens (including phenoxy) is 1. The van der Waals surface area contributed by atoms with Crippen LogP contribution in [0, 0.1) is 6.92 Å². The van der Waals surface area contributed by atoms with Gasteiger partial charge in [-0.05, 0) is 25.5 Å². The van der Waals surface area contributed by atoms with E-state index in [1.807, 2.05) is 0 Å². The maximum absolute atomic E-state index is 11.9. The van der Waals surface area contributed by atoms with Crippen LogP contribution < -0.4 is 0 Å². The number of sulfone groups is 1. The van der Waals surface area contributed by atoms with Crippen LogP contribution in [0.5, 0.6) is 0 Å². The predicted octanol–water partition coefficient (Wildman–Crippen LogP) is 1.58. The molecule has 0 radical (unpaired) electrons. The van der Waals surface area contributed by atoms with Crippen LogP contribution in [-0.2, 0) is 14.6 Å². The van der Waals surface area contributed by atoms with Crippen molar-refractivity contribution in [1.29, 1.82) is 0 Å². The second-order valence-corrected chi connectivity index (χ2v) is 6.07. The molecule has 7 heteroatoms. The van der Waals surface area contributed by atoms with Crippen molar-refractivity contribution in [3.63, 3.8) is 0 Å². The number of alkyl halides is 1. The van der Waals surface area contributed by atoms with Gasteiger partial charge in [0.05, 0.1) is 24.1 Å². The molecule has 100 valence electrons. The number of halogens is 1. The first-order chi connectivity index (χ1) is 8.42. The number of methoxy groups -OCH3 is 1. The summed E-state index contributed by atoms with van der Waals surface area (Å²) in [6.07, 6.45) is 0.364. The first-order valence-corrected chi connectivity index (χ1v) is 7.45. The number of aromatic nitrogens is 1. The molecule has 0 aliphatic rings. The van der Waals surface area contributed by atoms with E-state index in [-0.39, 0.29) is 22.2 Å². The van der Waals surface area contributed by atoms with Gasteiger partial charge in [0.2, 0.25) is 0 Å². The van der Waals surface area contributed by atoms with Crippen molar-refractivity contribution in [2.45, 2.75) is 18.4 Å². The van der Waals surface area contributed by atoms with Crippen LogP contribution in [0.25, 0.3) is 0 Å². The molecule has 0 spiro atoms. The highest BCUT2D eigenvalue weighted by Gasteiger charge is 2.18. The Hall–Kier alpha value is -1.14. The molecule has 0 amide bonds. The number of esters is 1. The molecule has 0 aliphatic heterocycles. The molecule has 1 heterocycles. The molecule has 0 saturated heterocycles. The Kier molecular flexibility index (Phi) is 5.10. The molecular weight excluding hydrogens is 278 g/mol. The van der Waals surface area contributed by atoms with Gasteiger partial charge in [-0.15, -0.1) is 11.6 Å². The fourth-order valence-corrected chi connectivity index (χ4v) is 2.96. The lowest BCUT2D eigenvalue weighted by molar-refractivity contribution is 0.0599. The summed E-state index contributed by atoms with van der Waals surface area (Å²) >= 11 is 5.47. The van der Waals surface area contributed by atoms with Crippen LogP contribution >= 0.6 is 11.6 Å². The maximum Gasteiger partial charge on any atom is 0.339 e. The average molecular weight is 292 g/mol. The van der Waals surface area contributed by atoms with Crippen molar-refractivity contribution in [3.05, 3.63) is 23.4 Å². The normalized spacial score (nSPS) is 11.3. The van der Waals surface area contributed by atoms with E-state index < -0.39 is 15.8 Å². The summed E-state index contributed by atoms with van der Waals surface area (Å²) in [7, 11) is -2.18. The van der Waals surface area contributed by atoms with Gasteiger partial charge in [0.15, 0.2) is 14.9 Å². The lowest BCUT2D eigenvalue weighted by Gasteiger charge is -2.06. The van der Waals surface area contributed by atoms with E-state index in [1.165, 1.54) is 19.2 Å². The first-order valence-electron chi connectivity index (χ1n) is 5.27. The third kappa shape index (κ3) is 3.43. The lowest BCUT2D eigenvalue weighted by Crippen LogP contribution is -2.12. The van der Waals surface area contributed by atoms with Crippen molar-refractivity contribution in [2.24, 2.45) is 0 Å². The van der Waals surface area contributed by atoms with E-state index in [0.29, 0.717) is 12.1 Å². The Balaban J connectivity index is 3.08. The zero-order valence-electron chi connectivity index (χ0n) is 10.1. The molecule has 0 aliphatic carbocycles. The highest BCUT2D eigenvalue weighted by molar-refractivity contribution is 7.91. The second-order valence-electron chi connectivity index (χ2n) is 3.64. The number of carbonyl (C=O) groups is 1. The molecule has 0 unspecified atom stereocenters. The van der Waals surface area contributed by atoms with Gasteiger partial charge in [0.1, 0.15) is 0 Å². The quantitative estimate of drug-likeness (QED) is 0.608. The SMILES string of the molecule is COC(=O)c1ccc(S(=O)(=O)CCCCl)nc1C.